The van der Waals surface area contributed by atoms with Crippen LogP contribution in [0, 0.1) is 20.8 Å². The van der Waals surface area contributed by atoms with E-state index < -0.39 is 10.0 Å². The van der Waals surface area contributed by atoms with Crippen LogP contribution < -0.4 is 4.72 Å². The van der Waals surface area contributed by atoms with Crippen molar-refractivity contribution in [3.63, 3.8) is 0 Å². The van der Waals surface area contributed by atoms with Crippen LogP contribution >= 0.6 is 0 Å². The van der Waals surface area contributed by atoms with Crippen molar-refractivity contribution in [2.75, 3.05) is 4.72 Å². The summed E-state index contributed by atoms with van der Waals surface area (Å²) in [5, 5.41) is 9.25. The fourth-order valence-electron chi connectivity index (χ4n) is 2.06. The molecule has 1 heterocycles. The normalized spacial score (nSPS) is 11.4. The largest absolute Gasteiger partial charge is 0.392 e. The zero-order chi connectivity index (χ0) is 15.6. The molecule has 0 aliphatic rings. The molecule has 112 valence electrons. The van der Waals surface area contributed by atoms with Crippen LogP contribution in [0.1, 0.15) is 22.3 Å². The van der Waals surface area contributed by atoms with E-state index in [2.05, 4.69) is 9.71 Å². The summed E-state index contributed by atoms with van der Waals surface area (Å²) in [5.74, 6) is 0. The van der Waals surface area contributed by atoms with Crippen LogP contribution in [-0.4, -0.2) is 18.5 Å². The molecular weight excluding hydrogens is 288 g/mol. The smallest absolute Gasteiger partial charge is 0.262 e. The van der Waals surface area contributed by atoms with Crippen LogP contribution in [0.5, 0.6) is 0 Å². The molecule has 0 bridgehead atoms. The van der Waals surface area contributed by atoms with E-state index in [4.69, 9.17) is 0 Å². The molecule has 21 heavy (non-hydrogen) atoms. The van der Waals surface area contributed by atoms with Gasteiger partial charge in [0.15, 0.2) is 0 Å². The van der Waals surface area contributed by atoms with E-state index in [1.54, 1.807) is 32.2 Å². The van der Waals surface area contributed by atoms with Gasteiger partial charge in [0.2, 0.25) is 0 Å². The average molecular weight is 306 g/mol. The summed E-state index contributed by atoms with van der Waals surface area (Å²) < 4.78 is 27.7. The Hall–Kier alpha value is -1.92. The van der Waals surface area contributed by atoms with Crippen molar-refractivity contribution >= 4 is 15.7 Å². The molecule has 1 aromatic carbocycles. The van der Waals surface area contributed by atoms with Crippen LogP contribution in [0.4, 0.5) is 5.69 Å². The lowest BCUT2D eigenvalue weighted by molar-refractivity contribution is 0.281. The van der Waals surface area contributed by atoms with Gasteiger partial charge in [0.25, 0.3) is 10.0 Å². The number of pyridine rings is 1. The number of aromatic nitrogens is 1. The highest BCUT2D eigenvalue weighted by Crippen LogP contribution is 2.24. The molecule has 0 saturated carbocycles. The zero-order valence-electron chi connectivity index (χ0n) is 12.2. The van der Waals surface area contributed by atoms with Gasteiger partial charge in [-0.1, -0.05) is 6.07 Å². The lowest BCUT2D eigenvalue weighted by Crippen LogP contribution is -2.16. The lowest BCUT2D eigenvalue weighted by atomic mass is 10.1. The van der Waals surface area contributed by atoms with E-state index >= 15 is 0 Å². The van der Waals surface area contributed by atoms with E-state index in [-0.39, 0.29) is 11.5 Å². The number of aliphatic hydroxyl groups is 1. The van der Waals surface area contributed by atoms with Crippen molar-refractivity contribution in [1.29, 1.82) is 0 Å². The van der Waals surface area contributed by atoms with Crippen molar-refractivity contribution in [2.24, 2.45) is 0 Å². The first-order chi connectivity index (χ1) is 9.85. The molecule has 0 unspecified atom stereocenters. The Kier molecular flexibility index (Phi) is 4.29. The van der Waals surface area contributed by atoms with Crippen molar-refractivity contribution in [1.82, 2.24) is 4.98 Å². The molecule has 0 saturated heterocycles. The van der Waals surface area contributed by atoms with Gasteiger partial charge in [-0.3, -0.25) is 9.71 Å². The van der Waals surface area contributed by atoms with Crippen LogP contribution in [-0.2, 0) is 16.6 Å². The summed E-state index contributed by atoms with van der Waals surface area (Å²) >= 11 is 0. The van der Waals surface area contributed by atoms with E-state index in [1.165, 1.54) is 12.3 Å². The Morgan fingerprint density at radius 2 is 1.90 bits per heavy atom. The first-order valence-electron chi connectivity index (χ1n) is 6.49. The molecule has 2 aromatic rings. The molecule has 2 rings (SSSR count). The molecule has 6 heteroatoms. The van der Waals surface area contributed by atoms with E-state index in [1.807, 2.05) is 6.92 Å². The van der Waals surface area contributed by atoms with Crippen LogP contribution in [0.3, 0.4) is 0 Å². The van der Waals surface area contributed by atoms with Crippen LogP contribution in [0.2, 0.25) is 0 Å². The third kappa shape index (κ3) is 3.22. The number of nitrogens with zero attached hydrogens (tertiary/aromatic N) is 1. The van der Waals surface area contributed by atoms with Gasteiger partial charge in [0.05, 0.1) is 17.2 Å². The Bertz CT molecular complexity index is 770. The Morgan fingerprint density at radius 3 is 2.52 bits per heavy atom. The highest BCUT2D eigenvalue weighted by atomic mass is 32.2. The maximum absolute atomic E-state index is 12.6. The number of hydrogen-bond donors (Lipinski definition) is 2. The minimum Gasteiger partial charge on any atom is -0.392 e. The van der Waals surface area contributed by atoms with Crippen molar-refractivity contribution in [3.05, 3.63) is 52.8 Å². The highest BCUT2D eigenvalue weighted by Gasteiger charge is 2.19. The fraction of sp³-hybridized carbons (Fsp3) is 0.267. The van der Waals surface area contributed by atoms with Gasteiger partial charge >= 0.3 is 0 Å². The fourth-order valence-corrected chi connectivity index (χ4v) is 3.56. The van der Waals surface area contributed by atoms with Gasteiger partial charge < -0.3 is 5.11 Å². The number of benzene rings is 1. The third-order valence-electron chi connectivity index (χ3n) is 3.42. The lowest BCUT2D eigenvalue weighted by Gasteiger charge is -2.14. The van der Waals surface area contributed by atoms with Gasteiger partial charge in [-0.05, 0) is 55.2 Å². The number of rotatable bonds is 4. The second-order valence-electron chi connectivity index (χ2n) is 4.99. The Morgan fingerprint density at radius 1 is 1.19 bits per heavy atom. The predicted octanol–water partition coefficient (Wildman–Crippen LogP) is 2.30. The highest BCUT2D eigenvalue weighted by molar-refractivity contribution is 7.92. The molecule has 5 nitrogen and oxygen atoms in total. The molecule has 0 radical (unpaired) electrons. The molecule has 0 atom stereocenters. The number of aryl methyl sites for hydroxylation is 2. The van der Waals surface area contributed by atoms with Gasteiger partial charge in [0, 0.05) is 12.4 Å². The van der Waals surface area contributed by atoms with Gasteiger partial charge in [-0.2, -0.15) is 0 Å². The maximum atomic E-state index is 12.6. The number of sulfonamides is 1. The van der Waals surface area contributed by atoms with Gasteiger partial charge in [0.1, 0.15) is 0 Å². The Balaban J connectivity index is 2.50. The van der Waals surface area contributed by atoms with Crippen molar-refractivity contribution < 1.29 is 13.5 Å². The van der Waals surface area contributed by atoms with E-state index in [0.717, 1.165) is 11.1 Å². The topological polar surface area (TPSA) is 79.3 Å². The minimum atomic E-state index is -3.71. The molecule has 0 fully saturated rings. The summed E-state index contributed by atoms with van der Waals surface area (Å²) in [5.41, 5.74) is 3.31. The summed E-state index contributed by atoms with van der Waals surface area (Å²) in [6.45, 7) is 5.17. The SMILES string of the molecule is Cc1cnccc1NS(=O)(=O)c1cc(CO)cc(C)c1C. The second kappa shape index (κ2) is 5.83. The quantitative estimate of drug-likeness (QED) is 0.908. The maximum Gasteiger partial charge on any atom is 0.262 e. The van der Waals surface area contributed by atoms with Crippen LogP contribution in [0.15, 0.2) is 35.5 Å². The summed E-state index contributed by atoms with van der Waals surface area (Å²) in [6, 6.07) is 4.90. The molecular formula is C15H18N2O3S. The number of hydrogen-bond acceptors (Lipinski definition) is 4. The van der Waals surface area contributed by atoms with Crippen molar-refractivity contribution in [3.8, 4) is 0 Å². The average Bonchev–Trinajstić information content (AvgIpc) is 2.43. The molecule has 0 aliphatic carbocycles. The number of aliphatic hydroxyl groups excluding tert-OH is 1. The van der Waals surface area contributed by atoms with Crippen LogP contribution in [0.25, 0.3) is 0 Å². The minimum absolute atomic E-state index is 0.183. The monoisotopic (exact) mass is 306 g/mol. The Labute approximate surface area is 124 Å². The molecule has 0 amide bonds. The molecule has 0 spiro atoms. The van der Waals surface area contributed by atoms with E-state index in [0.29, 0.717) is 16.8 Å². The van der Waals surface area contributed by atoms with Crippen molar-refractivity contribution in [2.45, 2.75) is 32.3 Å². The standard InChI is InChI=1S/C15H18N2O3S/c1-10-6-13(9-18)7-15(12(10)3)21(19,20)17-14-4-5-16-8-11(14)2/h4-8,18H,9H2,1-3H3,(H,16,17). The zero-order valence-corrected chi connectivity index (χ0v) is 13.0. The first-order valence-corrected chi connectivity index (χ1v) is 7.98. The summed E-state index contributed by atoms with van der Waals surface area (Å²) in [6.07, 6.45) is 3.13. The second-order valence-corrected chi connectivity index (χ2v) is 6.64. The predicted molar refractivity (Wildman–Crippen MR) is 81.6 cm³/mol. The molecule has 2 N–H and O–H groups in total. The van der Waals surface area contributed by atoms with Gasteiger partial charge in [-0.25, -0.2) is 8.42 Å². The first kappa shape index (κ1) is 15.5. The third-order valence-corrected chi connectivity index (χ3v) is 4.91. The number of anilines is 1. The van der Waals surface area contributed by atoms with Gasteiger partial charge in [-0.15, -0.1) is 0 Å². The number of nitrogens with one attached hydrogen (secondary N) is 1. The van der Waals surface area contributed by atoms with E-state index in [9.17, 15) is 13.5 Å². The summed E-state index contributed by atoms with van der Waals surface area (Å²) in [7, 11) is -3.71. The summed E-state index contributed by atoms with van der Waals surface area (Å²) in [4.78, 5) is 4.12. The molecule has 1 aromatic heterocycles. The molecule has 0 aliphatic heterocycles.